The van der Waals surface area contributed by atoms with Crippen molar-refractivity contribution in [2.24, 2.45) is 34.8 Å². The van der Waals surface area contributed by atoms with Crippen LogP contribution in [0.2, 0.25) is 0 Å². The van der Waals surface area contributed by atoms with Gasteiger partial charge in [0.2, 0.25) is 18.6 Å². The standard InChI is InChI=1S/C37H57N3O12/c1-23(2)26(16-25-10-11-29(48-8)31(17-25)49-15-9-14-47-7)18-28-30(19-27(24(3)4)34(44)39-20-37(5,6)35(38)45)50-21-40(28)36(46)52-22-51-33(43)13-12-32(41)42/h10-13,17,23-24,26-28,30H,9,14-16,18-22H2,1-8H3,(H2,38,45)(H,39,44)(H,41,42). The number of aliphatic carboxylic acids is 1. The maximum atomic E-state index is 13.5. The van der Waals surface area contributed by atoms with E-state index in [0.29, 0.717) is 56.1 Å². The van der Waals surface area contributed by atoms with Crippen molar-refractivity contribution in [2.45, 2.75) is 79.4 Å². The Bertz CT molecular complexity index is 1380. The van der Waals surface area contributed by atoms with Gasteiger partial charge in [0.25, 0.3) is 0 Å². The number of nitrogens with two attached hydrogens (primary N) is 1. The number of primary amides is 1. The molecule has 0 bridgehead atoms. The smallest absolute Gasteiger partial charge is 0.414 e. The highest BCUT2D eigenvalue weighted by atomic mass is 16.7. The van der Waals surface area contributed by atoms with Gasteiger partial charge in [-0.05, 0) is 68.6 Å². The molecular formula is C37H57N3O12. The van der Waals surface area contributed by atoms with Crippen LogP contribution in [-0.2, 0) is 44.5 Å². The van der Waals surface area contributed by atoms with E-state index in [0.717, 1.165) is 5.56 Å². The molecule has 1 heterocycles. The van der Waals surface area contributed by atoms with Crippen LogP contribution in [0.5, 0.6) is 11.5 Å². The first-order valence-electron chi connectivity index (χ1n) is 17.5. The van der Waals surface area contributed by atoms with Crippen molar-refractivity contribution in [3.05, 3.63) is 35.9 Å². The highest BCUT2D eigenvalue weighted by Gasteiger charge is 2.43. The van der Waals surface area contributed by atoms with Gasteiger partial charge >= 0.3 is 18.0 Å². The summed E-state index contributed by atoms with van der Waals surface area (Å²) in [5, 5.41) is 11.6. The third kappa shape index (κ3) is 14.0. The number of carboxylic acids is 1. The lowest BCUT2D eigenvalue weighted by molar-refractivity contribution is -0.147. The van der Waals surface area contributed by atoms with E-state index in [2.05, 4.69) is 19.2 Å². The first-order valence-corrected chi connectivity index (χ1v) is 17.5. The summed E-state index contributed by atoms with van der Waals surface area (Å²) in [6.07, 6.45) is 2.06. The van der Waals surface area contributed by atoms with Gasteiger partial charge < -0.3 is 44.6 Å². The van der Waals surface area contributed by atoms with E-state index in [1.807, 2.05) is 32.0 Å². The summed E-state index contributed by atoms with van der Waals surface area (Å²) in [5.41, 5.74) is 5.57. The maximum Gasteiger partial charge on any atom is 0.414 e. The Morgan fingerprint density at radius 2 is 1.73 bits per heavy atom. The minimum Gasteiger partial charge on any atom is -0.493 e. The summed E-state index contributed by atoms with van der Waals surface area (Å²) in [5.74, 6) is -2.33. The normalized spacial score (nSPS) is 17.2. The Kier molecular flexibility index (Phi) is 17.9. The third-order valence-electron chi connectivity index (χ3n) is 9.20. The van der Waals surface area contributed by atoms with Crippen LogP contribution < -0.4 is 20.5 Å². The van der Waals surface area contributed by atoms with Crippen LogP contribution in [0.1, 0.15) is 66.4 Å². The lowest BCUT2D eigenvalue weighted by Crippen LogP contribution is -2.47. The number of nitrogens with zero attached hydrogens (tertiary/aromatic N) is 1. The van der Waals surface area contributed by atoms with Gasteiger partial charge in [-0.2, -0.15) is 0 Å². The van der Waals surface area contributed by atoms with Crippen molar-refractivity contribution >= 4 is 29.8 Å². The second-order valence-corrected chi connectivity index (χ2v) is 14.2. The van der Waals surface area contributed by atoms with Crippen LogP contribution >= 0.6 is 0 Å². The van der Waals surface area contributed by atoms with E-state index in [1.54, 1.807) is 28.1 Å². The number of carbonyl (C=O) groups is 5. The Hall–Kier alpha value is -4.37. The Balaban J connectivity index is 2.35. The Morgan fingerprint density at radius 3 is 2.33 bits per heavy atom. The van der Waals surface area contributed by atoms with E-state index in [1.165, 1.54) is 4.90 Å². The number of methoxy groups -OCH3 is 2. The molecule has 0 aliphatic carbocycles. The molecule has 2 rings (SSSR count). The molecular weight excluding hydrogens is 678 g/mol. The second kappa shape index (κ2) is 21.2. The summed E-state index contributed by atoms with van der Waals surface area (Å²) >= 11 is 0. The van der Waals surface area contributed by atoms with E-state index in [-0.39, 0.29) is 43.4 Å². The largest absolute Gasteiger partial charge is 0.493 e. The molecule has 1 fully saturated rings. The van der Waals surface area contributed by atoms with E-state index < -0.39 is 54.2 Å². The molecule has 1 aliphatic rings. The number of hydrogen-bond donors (Lipinski definition) is 3. The van der Waals surface area contributed by atoms with Gasteiger partial charge in [-0.25, -0.2) is 14.4 Å². The van der Waals surface area contributed by atoms with E-state index in [4.69, 9.17) is 39.3 Å². The van der Waals surface area contributed by atoms with Gasteiger partial charge in [0.15, 0.2) is 11.5 Å². The average Bonchev–Trinajstić information content (AvgIpc) is 3.48. The molecule has 4 unspecified atom stereocenters. The van der Waals surface area contributed by atoms with E-state index in [9.17, 15) is 24.0 Å². The van der Waals surface area contributed by atoms with Crippen LogP contribution in [-0.4, -0.2) is 99.5 Å². The molecule has 0 radical (unpaired) electrons. The molecule has 52 heavy (non-hydrogen) atoms. The van der Waals surface area contributed by atoms with Crippen molar-refractivity contribution < 1.29 is 57.5 Å². The van der Waals surface area contributed by atoms with E-state index >= 15 is 0 Å². The van der Waals surface area contributed by atoms with Crippen molar-refractivity contribution in [2.75, 3.05) is 47.5 Å². The molecule has 0 aromatic heterocycles. The number of benzene rings is 1. The van der Waals surface area contributed by atoms with Crippen LogP contribution in [0.15, 0.2) is 30.4 Å². The monoisotopic (exact) mass is 735 g/mol. The molecule has 1 aromatic carbocycles. The predicted molar refractivity (Wildman–Crippen MR) is 190 cm³/mol. The summed E-state index contributed by atoms with van der Waals surface area (Å²) in [6.45, 7) is 11.6. The molecule has 292 valence electrons. The van der Waals surface area contributed by atoms with Gasteiger partial charge in [-0.1, -0.05) is 33.8 Å². The zero-order valence-corrected chi connectivity index (χ0v) is 31.7. The molecule has 0 spiro atoms. The highest BCUT2D eigenvalue weighted by molar-refractivity contribution is 5.90. The Morgan fingerprint density at radius 1 is 1.02 bits per heavy atom. The van der Waals surface area contributed by atoms with Crippen molar-refractivity contribution in [3.63, 3.8) is 0 Å². The molecule has 15 heteroatoms. The van der Waals surface area contributed by atoms with Gasteiger partial charge in [0, 0.05) is 44.8 Å². The minimum absolute atomic E-state index is 0.0286. The maximum absolute atomic E-state index is 13.5. The topological polar surface area (TPSA) is 202 Å². The van der Waals surface area contributed by atoms with Crippen LogP contribution in [0.3, 0.4) is 0 Å². The SMILES string of the molecule is COCCCOc1cc(CC(CC2C(CC(C(=O)NCC(C)(C)C(N)=O)C(C)C)OCN2C(=O)OCOC(=O)C=CC(=O)O)C(C)C)ccc1OC. The molecule has 15 nitrogen and oxygen atoms in total. The van der Waals surface area contributed by atoms with Gasteiger partial charge in [0.05, 0.1) is 31.3 Å². The van der Waals surface area contributed by atoms with Crippen molar-refractivity contribution in [3.8, 4) is 11.5 Å². The van der Waals surface area contributed by atoms with Crippen molar-refractivity contribution in [1.29, 1.82) is 0 Å². The fraction of sp³-hybridized carbons (Fsp3) is 0.649. The average molecular weight is 736 g/mol. The number of amides is 3. The van der Waals surface area contributed by atoms with Crippen LogP contribution in [0.4, 0.5) is 4.79 Å². The van der Waals surface area contributed by atoms with Crippen LogP contribution in [0.25, 0.3) is 0 Å². The van der Waals surface area contributed by atoms with Crippen molar-refractivity contribution in [1.82, 2.24) is 10.2 Å². The summed E-state index contributed by atoms with van der Waals surface area (Å²) in [7, 11) is 3.22. The first-order chi connectivity index (χ1) is 24.5. The summed E-state index contributed by atoms with van der Waals surface area (Å²) in [6, 6.07) is 5.27. The molecule has 3 amide bonds. The zero-order valence-electron chi connectivity index (χ0n) is 31.7. The molecule has 1 aliphatic heterocycles. The lowest BCUT2D eigenvalue weighted by Gasteiger charge is -2.33. The number of carboxylic acid groups (broad SMARTS) is 1. The third-order valence-corrected chi connectivity index (χ3v) is 9.20. The number of hydrogen-bond acceptors (Lipinski definition) is 11. The summed E-state index contributed by atoms with van der Waals surface area (Å²) < 4.78 is 32.9. The molecule has 1 aromatic rings. The number of esters is 1. The molecule has 1 saturated heterocycles. The fourth-order valence-electron chi connectivity index (χ4n) is 5.69. The minimum atomic E-state index is -1.33. The quantitative estimate of drug-likeness (QED) is 0.0672. The van der Waals surface area contributed by atoms with Gasteiger partial charge in [-0.15, -0.1) is 0 Å². The zero-order chi connectivity index (χ0) is 39.0. The predicted octanol–water partition coefficient (Wildman–Crippen LogP) is 3.91. The number of nitrogens with one attached hydrogen (secondary N) is 1. The number of rotatable bonds is 22. The van der Waals surface area contributed by atoms with Gasteiger partial charge in [0.1, 0.15) is 6.73 Å². The summed E-state index contributed by atoms with van der Waals surface area (Å²) in [4.78, 5) is 62.7. The highest BCUT2D eigenvalue weighted by Crippen LogP contribution is 2.36. The molecule has 4 atom stereocenters. The fourth-order valence-corrected chi connectivity index (χ4v) is 5.69. The van der Waals surface area contributed by atoms with Gasteiger partial charge in [-0.3, -0.25) is 14.5 Å². The number of ether oxygens (including phenoxy) is 6. The number of carbonyl (C=O) groups excluding carboxylic acids is 4. The molecule has 4 N–H and O–H groups in total. The lowest BCUT2D eigenvalue weighted by atomic mass is 9.80. The first kappa shape index (κ1) is 43.8. The van der Waals surface area contributed by atoms with Crippen LogP contribution in [0, 0.1) is 29.1 Å². The Labute approximate surface area is 306 Å². The second-order valence-electron chi connectivity index (χ2n) is 14.2. The molecule has 0 saturated carbocycles.